The summed E-state index contributed by atoms with van der Waals surface area (Å²) in [5, 5.41) is 4.14. The Hall–Kier alpha value is -2.59. The minimum Gasteiger partial charge on any atom is -0.341 e. The van der Waals surface area contributed by atoms with Crippen LogP contribution in [0.1, 0.15) is 49.7 Å². The molecule has 0 spiro atoms. The van der Waals surface area contributed by atoms with Crippen LogP contribution in [0.2, 0.25) is 0 Å². The van der Waals surface area contributed by atoms with Crippen molar-refractivity contribution < 1.29 is 9.59 Å². The van der Waals surface area contributed by atoms with Crippen molar-refractivity contribution in [2.24, 2.45) is 0 Å². The molecule has 0 bridgehead atoms. The Morgan fingerprint density at radius 2 is 1.97 bits per heavy atom. The second-order valence-electron chi connectivity index (χ2n) is 8.90. The zero-order chi connectivity index (χ0) is 23.4. The lowest BCUT2D eigenvalue weighted by Crippen LogP contribution is -2.60. The van der Waals surface area contributed by atoms with Crippen molar-refractivity contribution in [2.75, 3.05) is 45.1 Å². The van der Waals surface area contributed by atoms with Crippen LogP contribution in [0, 0.1) is 0 Å². The van der Waals surface area contributed by atoms with Gasteiger partial charge in [0.15, 0.2) is 5.13 Å². The number of amides is 2. The fraction of sp³-hybridized carbons (Fsp3) is 0.609. The minimum atomic E-state index is -0.391. The zero-order valence-corrected chi connectivity index (χ0v) is 20.5. The highest BCUT2D eigenvalue weighted by Crippen LogP contribution is 2.28. The van der Waals surface area contributed by atoms with Crippen LogP contribution in [-0.2, 0) is 16.0 Å². The molecule has 2 fully saturated rings. The third kappa shape index (κ3) is 5.67. The largest absolute Gasteiger partial charge is 0.341 e. The summed E-state index contributed by atoms with van der Waals surface area (Å²) in [6, 6.07) is 1.47. The van der Waals surface area contributed by atoms with Gasteiger partial charge in [-0.2, -0.15) is 0 Å². The first kappa shape index (κ1) is 23.6. The number of aromatic nitrogens is 3. The number of carbonyl (C=O) groups excluding carboxylic acids is 2. The summed E-state index contributed by atoms with van der Waals surface area (Å²) in [5.74, 6) is 1.79. The van der Waals surface area contributed by atoms with Crippen LogP contribution in [-0.4, -0.2) is 87.3 Å². The van der Waals surface area contributed by atoms with E-state index < -0.39 is 6.04 Å². The van der Waals surface area contributed by atoms with Crippen LogP contribution in [0.15, 0.2) is 18.5 Å². The summed E-state index contributed by atoms with van der Waals surface area (Å²) in [6.07, 6.45) is 7.47. The van der Waals surface area contributed by atoms with Crippen molar-refractivity contribution in [3.63, 3.8) is 0 Å². The molecular weight excluding hydrogens is 438 g/mol. The number of aryl methyl sites for hydroxylation is 1. The smallest absolute Gasteiger partial charge is 0.246 e. The van der Waals surface area contributed by atoms with Gasteiger partial charge in [-0.25, -0.2) is 15.0 Å². The predicted octanol–water partition coefficient (Wildman–Crippen LogP) is 2.50. The molecule has 10 heteroatoms. The third-order valence-electron chi connectivity index (χ3n) is 6.40. The Balaban J connectivity index is 1.36. The van der Waals surface area contributed by atoms with E-state index in [2.05, 4.69) is 27.1 Å². The van der Waals surface area contributed by atoms with Gasteiger partial charge in [0.25, 0.3) is 0 Å². The van der Waals surface area contributed by atoms with E-state index in [1.165, 1.54) is 4.88 Å². The fourth-order valence-corrected chi connectivity index (χ4v) is 5.47. The summed E-state index contributed by atoms with van der Waals surface area (Å²) >= 11 is 1.65. The molecule has 2 aromatic heterocycles. The molecular formula is C23H33N7O2S. The molecule has 2 amide bonds. The normalized spacial score (nSPS) is 20.2. The molecule has 1 atom stereocenters. The standard InChI is InChI=1S/C23H33N7O2S/c1-4-5-18-14-25-23(33-18)27-20-6-9-24-21(26-20)17-7-10-29(11-8-17)22(32)19-15-28(3)12-13-30(19)16(2)31/h6,9,14,17,19H,4-5,7-8,10-13,15H2,1-3H3,(H,24,25,26,27)/t19-/m1/s1. The van der Waals surface area contributed by atoms with E-state index in [9.17, 15) is 9.59 Å². The van der Waals surface area contributed by atoms with E-state index >= 15 is 0 Å². The summed E-state index contributed by atoms with van der Waals surface area (Å²) < 4.78 is 0. The highest BCUT2D eigenvalue weighted by molar-refractivity contribution is 7.15. The molecule has 1 N–H and O–H groups in total. The Morgan fingerprint density at radius 1 is 1.18 bits per heavy atom. The maximum absolute atomic E-state index is 13.2. The Kier molecular flexibility index (Phi) is 7.54. The number of nitrogens with one attached hydrogen (secondary N) is 1. The molecule has 0 saturated carbocycles. The van der Waals surface area contributed by atoms with Crippen LogP contribution in [0.3, 0.4) is 0 Å². The van der Waals surface area contributed by atoms with E-state index in [1.54, 1.807) is 29.4 Å². The number of thiazole rings is 1. The molecule has 0 aliphatic carbocycles. The fourth-order valence-electron chi connectivity index (χ4n) is 4.55. The molecule has 0 unspecified atom stereocenters. The van der Waals surface area contributed by atoms with Gasteiger partial charge in [-0.05, 0) is 32.4 Å². The Bertz CT molecular complexity index is 973. The van der Waals surface area contributed by atoms with Crippen molar-refractivity contribution in [3.05, 3.63) is 29.2 Å². The van der Waals surface area contributed by atoms with Gasteiger partial charge in [-0.1, -0.05) is 13.3 Å². The van der Waals surface area contributed by atoms with Gasteiger partial charge in [-0.3, -0.25) is 9.59 Å². The van der Waals surface area contributed by atoms with Crippen molar-refractivity contribution in [1.82, 2.24) is 29.7 Å². The second kappa shape index (κ2) is 10.6. The zero-order valence-electron chi connectivity index (χ0n) is 19.7. The van der Waals surface area contributed by atoms with Gasteiger partial charge >= 0.3 is 0 Å². The topological polar surface area (TPSA) is 94.6 Å². The summed E-state index contributed by atoms with van der Waals surface area (Å²) in [4.78, 5) is 46.0. The Morgan fingerprint density at radius 3 is 2.70 bits per heavy atom. The van der Waals surface area contributed by atoms with Crippen LogP contribution < -0.4 is 5.32 Å². The van der Waals surface area contributed by atoms with E-state index in [4.69, 9.17) is 4.98 Å². The number of rotatable bonds is 6. The number of nitrogens with zero attached hydrogens (tertiary/aromatic N) is 6. The lowest BCUT2D eigenvalue weighted by atomic mass is 9.95. The molecule has 9 nitrogen and oxygen atoms in total. The molecule has 33 heavy (non-hydrogen) atoms. The molecule has 178 valence electrons. The average Bonchev–Trinajstić information content (AvgIpc) is 3.25. The number of likely N-dealkylation sites (N-methyl/N-ethyl adjacent to an activating group) is 1. The number of carbonyl (C=O) groups is 2. The van der Waals surface area contributed by atoms with Crippen molar-refractivity contribution in [2.45, 2.75) is 51.5 Å². The molecule has 2 aliphatic rings. The quantitative estimate of drug-likeness (QED) is 0.692. The number of hydrogen-bond donors (Lipinski definition) is 1. The van der Waals surface area contributed by atoms with Gasteiger partial charge < -0.3 is 20.0 Å². The van der Waals surface area contributed by atoms with Crippen LogP contribution in [0.5, 0.6) is 0 Å². The number of piperidine rings is 1. The van der Waals surface area contributed by atoms with Gasteiger partial charge in [0, 0.05) is 62.8 Å². The van der Waals surface area contributed by atoms with Gasteiger partial charge in [0.05, 0.1) is 0 Å². The molecule has 2 aromatic rings. The molecule has 2 aliphatic heterocycles. The number of anilines is 2. The van der Waals surface area contributed by atoms with Gasteiger partial charge in [0.1, 0.15) is 17.7 Å². The average molecular weight is 472 g/mol. The highest BCUT2D eigenvalue weighted by Gasteiger charge is 2.37. The summed E-state index contributed by atoms with van der Waals surface area (Å²) in [5.41, 5.74) is 0. The van der Waals surface area contributed by atoms with E-state index in [1.807, 2.05) is 24.2 Å². The van der Waals surface area contributed by atoms with E-state index in [0.29, 0.717) is 26.2 Å². The number of piperazine rings is 1. The van der Waals surface area contributed by atoms with Gasteiger partial charge in [-0.15, -0.1) is 11.3 Å². The van der Waals surface area contributed by atoms with Crippen molar-refractivity contribution >= 4 is 34.1 Å². The maximum Gasteiger partial charge on any atom is 0.246 e. The van der Waals surface area contributed by atoms with Crippen LogP contribution in [0.25, 0.3) is 0 Å². The first-order valence-electron chi connectivity index (χ1n) is 11.7. The SMILES string of the molecule is CCCc1cnc(Nc2ccnc(C3CCN(C(=O)[C@H]4CN(C)CCN4C(C)=O)CC3)n2)s1. The third-order valence-corrected chi connectivity index (χ3v) is 7.38. The molecule has 0 radical (unpaired) electrons. The molecule has 0 aromatic carbocycles. The van der Waals surface area contributed by atoms with Gasteiger partial charge in [0.2, 0.25) is 11.8 Å². The highest BCUT2D eigenvalue weighted by atomic mass is 32.1. The summed E-state index contributed by atoms with van der Waals surface area (Å²) in [7, 11) is 2.00. The van der Waals surface area contributed by atoms with E-state index in [0.717, 1.165) is 49.0 Å². The lowest BCUT2D eigenvalue weighted by Gasteiger charge is -2.42. The van der Waals surface area contributed by atoms with E-state index in [-0.39, 0.29) is 17.7 Å². The maximum atomic E-state index is 13.2. The first-order valence-corrected chi connectivity index (χ1v) is 12.6. The lowest BCUT2D eigenvalue weighted by molar-refractivity contribution is -0.148. The van der Waals surface area contributed by atoms with Crippen LogP contribution >= 0.6 is 11.3 Å². The molecule has 4 rings (SSSR count). The minimum absolute atomic E-state index is 0.0314. The summed E-state index contributed by atoms with van der Waals surface area (Å²) in [6.45, 7) is 7.01. The van der Waals surface area contributed by atoms with Crippen LogP contribution in [0.4, 0.5) is 10.9 Å². The first-order chi connectivity index (χ1) is 15.9. The molecule has 4 heterocycles. The number of hydrogen-bond acceptors (Lipinski definition) is 8. The predicted molar refractivity (Wildman–Crippen MR) is 129 cm³/mol. The van der Waals surface area contributed by atoms with Crippen molar-refractivity contribution in [1.29, 1.82) is 0 Å². The Labute approximate surface area is 199 Å². The monoisotopic (exact) mass is 471 g/mol. The van der Waals surface area contributed by atoms with Crippen molar-refractivity contribution in [3.8, 4) is 0 Å². The number of likely N-dealkylation sites (tertiary alicyclic amines) is 1. The molecule has 2 saturated heterocycles. The second-order valence-corrected chi connectivity index (χ2v) is 10.0.